The first-order chi connectivity index (χ1) is 6.83. The molecule has 15 heavy (non-hydrogen) atoms. The van der Waals surface area contributed by atoms with Gasteiger partial charge in [0.1, 0.15) is 6.61 Å². The van der Waals surface area contributed by atoms with E-state index in [9.17, 15) is 13.2 Å². The van der Waals surface area contributed by atoms with Crippen LogP contribution in [0, 0.1) is 0 Å². The summed E-state index contributed by atoms with van der Waals surface area (Å²) >= 11 is 0. The number of alkyl halides is 3. The molecular formula is C9H18F3NO2. The van der Waals surface area contributed by atoms with E-state index in [1.807, 2.05) is 0 Å². The SMILES string of the molecule is CNC(C)(CO)CCCOCC(F)(F)F. The van der Waals surface area contributed by atoms with Crippen LogP contribution in [0.25, 0.3) is 0 Å². The van der Waals surface area contributed by atoms with Crippen molar-refractivity contribution in [2.75, 3.05) is 26.9 Å². The van der Waals surface area contributed by atoms with Gasteiger partial charge in [0, 0.05) is 12.1 Å². The van der Waals surface area contributed by atoms with Crippen molar-refractivity contribution in [2.24, 2.45) is 0 Å². The molecule has 0 saturated carbocycles. The van der Waals surface area contributed by atoms with Crippen LogP contribution in [0.1, 0.15) is 19.8 Å². The van der Waals surface area contributed by atoms with Crippen molar-refractivity contribution in [2.45, 2.75) is 31.5 Å². The average Bonchev–Trinajstić information content (AvgIpc) is 2.15. The van der Waals surface area contributed by atoms with Gasteiger partial charge in [0.25, 0.3) is 0 Å². The molecule has 0 aliphatic heterocycles. The molecule has 0 bridgehead atoms. The van der Waals surface area contributed by atoms with Gasteiger partial charge in [-0.05, 0) is 26.8 Å². The highest BCUT2D eigenvalue weighted by molar-refractivity contribution is 4.79. The largest absolute Gasteiger partial charge is 0.411 e. The van der Waals surface area contributed by atoms with Crippen LogP contribution in [0.15, 0.2) is 0 Å². The third-order valence-electron chi connectivity index (χ3n) is 2.24. The van der Waals surface area contributed by atoms with Crippen molar-refractivity contribution < 1.29 is 23.0 Å². The van der Waals surface area contributed by atoms with Crippen LogP contribution in [0.3, 0.4) is 0 Å². The number of ether oxygens (including phenoxy) is 1. The summed E-state index contributed by atoms with van der Waals surface area (Å²) in [4.78, 5) is 0. The molecule has 2 N–H and O–H groups in total. The van der Waals surface area contributed by atoms with Crippen molar-refractivity contribution in [3.63, 3.8) is 0 Å². The zero-order valence-electron chi connectivity index (χ0n) is 9.02. The van der Waals surface area contributed by atoms with E-state index in [4.69, 9.17) is 5.11 Å². The molecule has 0 amide bonds. The Hall–Kier alpha value is -0.330. The van der Waals surface area contributed by atoms with E-state index in [2.05, 4.69) is 10.1 Å². The standard InChI is InChI=1S/C9H18F3NO2/c1-8(6-14,13-2)4-3-5-15-7-9(10,11)12/h13-14H,3-7H2,1-2H3. The van der Waals surface area contributed by atoms with E-state index in [-0.39, 0.29) is 13.2 Å². The lowest BCUT2D eigenvalue weighted by Gasteiger charge is -2.26. The zero-order chi connectivity index (χ0) is 11.9. The van der Waals surface area contributed by atoms with E-state index in [1.54, 1.807) is 14.0 Å². The summed E-state index contributed by atoms with van der Waals surface area (Å²) < 4.78 is 39.5. The van der Waals surface area contributed by atoms with Crippen LogP contribution in [0.5, 0.6) is 0 Å². The summed E-state index contributed by atoms with van der Waals surface area (Å²) in [6.45, 7) is 0.596. The second-order valence-corrected chi connectivity index (χ2v) is 3.74. The first-order valence-electron chi connectivity index (χ1n) is 4.77. The number of rotatable bonds is 7. The van der Waals surface area contributed by atoms with Crippen LogP contribution >= 0.6 is 0 Å². The van der Waals surface area contributed by atoms with Crippen molar-refractivity contribution in [1.82, 2.24) is 5.32 Å². The Balaban J connectivity index is 3.54. The van der Waals surface area contributed by atoms with Gasteiger partial charge in [-0.15, -0.1) is 0 Å². The zero-order valence-corrected chi connectivity index (χ0v) is 9.02. The third kappa shape index (κ3) is 7.58. The summed E-state index contributed by atoms with van der Waals surface area (Å²) in [6, 6.07) is 0. The smallest absolute Gasteiger partial charge is 0.394 e. The Morgan fingerprint density at radius 2 is 1.93 bits per heavy atom. The van der Waals surface area contributed by atoms with Gasteiger partial charge in [-0.3, -0.25) is 0 Å². The van der Waals surface area contributed by atoms with Gasteiger partial charge >= 0.3 is 6.18 Å². The van der Waals surface area contributed by atoms with Gasteiger partial charge in [0.05, 0.1) is 6.61 Å². The average molecular weight is 229 g/mol. The Labute approximate surface area is 87.6 Å². The van der Waals surface area contributed by atoms with Crippen molar-refractivity contribution in [3.05, 3.63) is 0 Å². The fraction of sp³-hybridized carbons (Fsp3) is 1.00. The number of halogens is 3. The highest BCUT2D eigenvalue weighted by Crippen LogP contribution is 2.15. The van der Waals surface area contributed by atoms with Gasteiger partial charge in [0.2, 0.25) is 0 Å². The minimum absolute atomic E-state index is 0.0524. The van der Waals surface area contributed by atoms with E-state index < -0.39 is 18.3 Å². The van der Waals surface area contributed by atoms with E-state index >= 15 is 0 Å². The molecule has 0 fully saturated rings. The number of likely N-dealkylation sites (N-methyl/N-ethyl adjacent to an activating group) is 1. The van der Waals surface area contributed by atoms with Crippen LogP contribution in [0.4, 0.5) is 13.2 Å². The van der Waals surface area contributed by atoms with E-state index in [0.29, 0.717) is 12.8 Å². The number of hydrogen-bond acceptors (Lipinski definition) is 3. The van der Waals surface area contributed by atoms with Crippen molar-refractivity contribution in [1.29, 1.82) is 0 Å². The molecule has 0 aromatic heterocycles. The number of hydrogen-bond donors (Lipinski definition) is 2. The fourth-order valence-electron chi connectivity index (χ4n) is 1.04. The topological polar surface area (TPSA) is 41.5 Å². The summed E-state index contributed by atoms with van der Waals surface area (Å²) in [5.41, 5.74) is -0.443. The second kappa shape index (κ2) is 6.30. The first-order valence-corrected chi connectivity index (χ1v) is 4.77. The Morgan fingerprint density at radius 1 is 1.33 bits per heavy atom. The van der Waals surface area contributed by atoms with Gasteiger partial charge in [-0.1, -0.05) is 0 Å². The third-order valence-corrected chi connectivity index (χ3v) is 2.24. The Bertz CT molecular complexity index is 169. The maximum Gasteiger partial charge on any atom is 0.411 e. The highest BCUT2D eigenvalue weighted by Gasteiger charge is 2.27. The van der Waals surface area contributed by atoms with Gasteiger partial charge in [-0.2, -0.15) is 13.2 Å². The van der Waals surface area contributed by atoms with Gasteiger partial charge < -0.3 is 15.2 Å². The van der Waals surface area contributed by atoms with Crippen molar-refractivity contribution >= 4 is 0 Å². The van der Waals surface area contributed by atoms with Gasteiger partial charge in [0.15, 0.2) is 0 Å². The predicted octanol–water partition coefficient (Wildman–Crippen LogP) is 1.32. The van der Waals surface area contributed by atoms with Crippen LogP contribution in [-0.4, -0.2) is 43.7 Å². The normalized spacial score (nSPS) is 16.4. The molecule has 1 atom stereocenters. The molecule has 0 aliphatic carbocycles. The van der Waals surface area contributed by atoms with E-state index in [0.717, 1.165) is 0 Å². The molecule has 0 aromatic rings. The Kier molecular flexibility index (Phi) is 6.16. The van der Waals surface area contributed by atoms with Crippen molar-refractivity contribution in [3.8, 4) is 0 Å². The van der Waals surface area contributed by atoms with Crippen LogP contribution in [-0.2, 0) is 4.74 Å². The van der Waals surface area contributed by atoms with Crippen LogP contribution in [0.2, 0.25) is 0 Å². The van der Waals surface area contributed by atoms with Gasteiger partial charge in [-0.25, -0.2) is 0 Å². The monoisotopic (exact) mass is 229 g/mol. The molecule has 1 unspecified atom stereocenters. The lowest BCUT2D eigenvalue weighted by atomic mass is 9.97. The quantitative estimate of drug-likeness (QED) is 0.647. The number of aliphatic hydroxyl groups excluding tert-OH is 1. The lowest BCUT2D eigenvalue weighted by Crippen LogP contribution is -2.43. The lowest BCUT2D eigenvalue weighted by molar-refractivity contribution is -0.174. The molecule has 0 heterocycles. The maximum atomic E-state index is 11.7. The second-order valence-electron chi connectivity index (χ2n) is 3.74. The summed E-state index contributed by atoms with van der Waals surface area (Å²) in [7, 11) is 1.70. The first kappa shape index (κ1) is 14.7. The number of nitrogens with one attached hydrogen (secondary N) is 1. The molecule has 0 aromatic carbocycles. The van der Waals surface area contributed by atoms with E-state index in [1.165, 1.54) is 0 Å². The van der Waals surface area contributed by atoms with Crippen LogP contribution < -0.4 is 5.32 Å². The fourth-order valence-corrected chi connectivity index (χ4v) is 1.04. The molecular weight excluding hydrogens is 211 g/mol. The molecule has 0 aliphatic rings. The molecule has 0 rings (SSSR count). The molecule has 0 radical (unpaired) electrons. The summed E-state index contributed by atoms with van der Waals surface area (Å²) in [5, 5.41) is 11.9. The maximum absolute atomic E-state index is 11.7. The Morgan fingerprint density at radius 3 is 2.33 bits per heavy atom. The molecule has 6 heteroatoms. The minimum Gasteiger partial charge on any atom is -0.394 e. The summed E-state index contributed by atoms with van der Waals surface area (Å²) in [5.74, 6) is 0. The summed E-state index contributed by atoms with van der Waals surface area (Å²) in [6.07, 6.45) is -3.21. The molecule has 3 nitrogen and oxygen atoms in total. The minimum atomic E-state index is -4.26. The molecule has 92 valence electrons. The predicted molar refractivity (Wildman–Crippen MR) is 50.7 cm³/mol. The number of aliphatic hydroxyl groups is 1. The highest BCUT2D eigenvalue weighted by atomic mass is 19.4. The molecule has 0 saturated heterocycles. The molecule has 0 spiro atoms.